The van der Waals surface area contributed by atoms with Crippen molar-refractivity contribution in [2.45, 2.75) is 45.2 Å². The Morgan fingerprint density at radius 3 is 2.71 bits per heavy atom. The van der Waals surface area contributed by atoms with Crippen LogP contribution in [0.25, 0.3) is 0 Å². The van der Waals surface area contributed by atoms with E-state index in [2.05, 4.69) is 31.8 Å². The smallest absolute Gasteiger partial charge is 0.191 e. The summed E-state index contributed by atoms with van der Waals surface area (Å²) in [5.74, 6) is 3.47. The Bertz CT molecular complexity index is 773. The monoisotopic (exact) mass is 545 g/mol. The van der Waals surface area contributed by atoms with Crippen LogP contribution in [0.3, 0.4) is 0 Å². The molecule has 3 rings (SSSR count). The number of nitrogens with one attached hydrogen (secondary N) is 2. The molecule has 3 heterocycles. The van der Waals surface area contributed by atoms with E-state index in [1.54, 1.807) is 13.4 Å². The predicted molar refractivity (Wildman–Crippen MR) is 132 cm³/mol. The lowest BCUT2D eigenvalue weighted by Crippen LogP contribution is -2.44. The molecule has 0 bridgehead atoms. The van der Waals surface area contributed by atoms with Crippen LogP contribution in [0.5, 0.6) is 0 Å². The fraction of sp³-hybridized carbons (Fsp3) is 0.667. The molecule has 174 valence electrons. The first-order valence-corrected chi connectivity index (χ1v) is 10.8. The predicted octanol–water partition coefficient (Wildman–Crippen LogP) is 2.63. The molecular formula is C21H36IN7O2. The number of aliphatic imine (C=N–C) groups is 1. The molecular weight excluding hydrogens is 509 g/mol. The SMILES string of the molecule is COCCCNC(=NCc1nnc(C)n1C)NCC(c1ccco1)N1CCCCC1.I. The number of piperidine rings is 1. The maximum absolute atomic E-state index is 5.76. The van der Waals surface area contributed by atoms with Crippen molar-refractivity contribution in [3.05, 3.63) is 35.8 Å². The molecule has 31 heavy (non-hydrogen) atoms. The van der Waals surface area contributed by atoms with Crippen LogP contribution in [0.1, 0.15) is 49.1 Å². The van der Waals surface area contributed by atoms with Crippen molar-refractivity contribution in [1.29, 1.82) is 0 Å². The summed E-state index contributed by atoms with van der Waals surface area (Å²) >= 11 is 0. The summed E-state index contributed by atoms with van der Waals surface area (Å²) in [5, 5.41) is 15.3. The largest absolute Gasteiger partial charge is 0.468 e. The second-order valence-corrected chi connectivity index (χ2v) is 7.67. The first-order chi connectivity index (χ1) is 14.7. The summed E-state index contributed by atoms with van der Waals surface area (Å²) in [6.45, 7) is 6.82. The van der Waals surface area contributed by atoms with Gasteiger partial charge in [0.05, 0.1) is 12.3 Å². The normalized spacial score (nSPS) is 16.0. The Hall–Kier alpha value is -1.66. The van der Waals surface area contributed by atoms with Gasteiger partial charge in [0, 0.05) is 33.9 Å². The van der Waals surface area contributed by atoms with Crippen LogP contribution in [0.4, 0.5) is 0 Å². The number of guanidine groups is 1. The van der Waals surface area contributed by atoms with E-state index in [0.717, 1.165) is 56.0 Å². The fourth-order valence-electron chi connectivity index (χ4n) is 3.65. The zero-order valence-electron chi connectivity index (χ0n) is 18.8. The van der Waals surface area contributed by atoms with Gasteiger partial charge in [-0.2, -0.15) is 0 Å². The van der Waals surface area contributed by atoms with Gasteiger partial charge in [0.15, 0.2) is 11.8 Å². The summed E-state index contributed by atoms with van der Waals surface area (Å²) in [6.07, 6.45) is 6.44. The Kier molecular flexibility index (Phi) is 11.3. The van der Waals surface area contributed by atoms with E-state index in [9.17, 15) is 0 Å². The zero-order valence-corrected chi connectivity index (χ0v) is 21.2. The Morgan fingerprint density at radius 2 is 2.06 bits per heavy atom. The molecule has 0 saturated carbocycles. The third-order valence-corrected chi connectivity index (χ3v) is 5.54. The quantitative estimate of drug-likeness (QED) is 0.205. The lowest BCUT2D eigenvalue weighted by Gasteiger charge is -2.33. The highest BCUT2D eigenvalue weighted by Gasteiger charge is 2.24. The number of nitrogens with zero attached hydrogens (tertiary/aromatic N) is 5. The molecule has 0 aromatic carbocycles. The molecule has 0 spiro atoms. The first kappa shape index (κ1) is 25.6. The van der Waals surface area contributed by atoms with Gasteiger partial charge in [-0.05, 0) is 51.4 Å². The average Bonchev–Trinajstić information content (AvgIpc) is 3.41. The van der Waals surface area contributed by atoms with Crippen LogP contribution in [0.15, 0.2) is 27.8 Å². The summed E-state index contributed by atoms with van der Waals surface area (Å²) in [6, 6.07) is 4.20. The van der Waals surface area contributed by atoms with Crippen molar-refractivity contribution in [1.82, 2.24) is 30.3 Å². The second kappa shape index (κ2) is 13.7. The molecule has 10 heteroatoms. The molecule has 2 aromatic rings. The van der Waals surface area contributed by atoms with E-state index in [1.807, 2.05) is 24.6 Å². The van der Waals surface area contributed by atoms with E-state index in [-0.39, 0.29) is 30.0 Å². The van der Waals surface area contributed by atoms with Crippen molar-refractivity contribution in [2.75, 3.05) is 39.9 Å². The fourth-order valence-corrected chi connectivity index (χ4v) is 3.65. The molecule has 1 saturated heterocycles. The van der Waals surface area contributed by atoms with Crippen LogP contribution in [-0.4, -0.2) is 65.5 Å². The lowest BCUT2D eigenvalue weighted by atomic mass is 10.1. The number of furan rings is 1. The molecule has 1 aliphatic rings. The number of aryl methyl sites for hydroxylation is 1. The summed E-state index contributed by atoms with van der Waals surface area (Å²) in [7, 11) is 3.68. The van der Waals surface area contributed by atoms with Gasteiger partial charge >= 0.3 is 0 Å². The molecule has 1 aliphatic heterocycles. The van der Waals surface area contributed by atoms with E-state index < -0.39 is 0 Å². The highest BCUT2D eigenvalue weighted by Crippen LogP contribution is 2.24. The number of methoxy groups -OCH3 is 1. The summed E-state index contributed by atoms with van der Waals surface area (Å²) < 4.78 is 12.9. The molecule has 2 aromatic heterocycles. The topological polar surface area (TPSA) is 92.7 Å². The number of hydrogen-bond acceptors (Lipinski definition) is 6. The number of rotatable bonds is 10. The second-order valence-electron chi connectivity index (χ2n) is 7.67. The molecule has 1 unspecified atom stereocenters. The van der Waals surface area contributed by atoms with Crippen molar-refractivity contribution in [3.63, 3.8) is 0 Å². The maximum Gasteiger partial charge on any atom is 0.191 e. The maximum atomic E-state index is 5.76. The van der Waals surface area contributed by atoms with Crippen LogP contribution in [0.2, 0.25) is 0 Å². The molecule has 0 radical (unpaired) electrons. The van der Waals surface area contributed by atoms with Gasteiger partial charge in [0.1, 0.15) is 18.1 Å². The molecule has 9 nitrogen and oxygen atoms in total. The molecule has 0 amide bonds. The highest BCUT2D eigenvalue weighted by atomic mass is 127. The van der Waals surface area contributed by atoms with Gasteiger partial charge in [0.2, 0.25) is 0 Å². The standard InChI is InChI=1S/C21H35N7O2.HI/c1-17-25-26-20(27(17)2)16-24-21(22-10-8-13-29-3)23-15-18(19-9-7-14-30-19)28-11-5-4-6-12-28;/h7,9,14,18H,4-6,8,10-13,15-16H2,1-3H3,(H2,22,23,24);1H. The number of likely N-dealkylation sites (tertiary alicyclic amines) is 1. The van der Waals surface area contributed by atoms with Crippen LogP contribution >= 0.6 is 24.0 Å². The Balaban J connectivity index is 0.00000341. The minimum Gasteiger partial charge on any atom is -0.468 e. The molecule has 2 N–H and O–H groups in total. The summed E-state index contributed by atoms with van der Waals surface area (Å²) in [5.41, 5.74) is 0. The van der Waals surface area contributed by atoms with Crippen molar-refractivity contribution in [2.24, 2.45) is 12.0 Å². The van der Waals surface area contributed by atoms with Gasteiger partial charge in [-0.15, -0.1) is 34.2 Å². The van der Waals surface area contributed by atoms with E-state index in [0.29, 0.717) is 13.2 Å². The lowest BCUT2D eigenvalue weighted by molar-refractivity contribution is 0.146. The van der Waals surface area contributed by atoms with Crippen LogP contribution < -0.4 is 10.6 Å². The average molecular weight is 545 g/mol. The van der Waals surface area contributed by atoms with Gasteiger partial charge < -0.3 is 24.4 Å². The van der Waals surface area contributed by atoms with E-state index in [1.165, 1.54) is 19.3 Å². The van der Waals surface area contributed by atoms with Gasteiger partial charge in [-0.1, -0.05) is 6.42 Å². The van der Waals surface area contributed by atoms with Gasteiger partial charge in [-0.3, -0.25) is 4.90 Å². The number of aromatic nitrogens is 3. The zero-order chi connectivity index (χ0) is 21.2. The number of hydrogen-bond donors (Lipinski definition) is 2. The third-order valence-electron chi connectivity index (χ3n) is 5.54. The Labute approximate surface area is 202 Å². The van der Waals surface area contributed by atoms with Crippen molar-refractivity contribution in [3.8, 4) is 0 Å². The molecule has 0 aliphatic carbocycles. The third kappa shape index (κ3) is 7.76. The van der Waals surface area contributed by atoms with Crippen molar-refractivity contribution >= 4 is 29.9 Å². The minimum atomic E-state index is 0. The van der Waals surface area contributed by atoms with Crippen LogP contribution in [-0.2, 0) is 18.3 Å². The molecule has 1 fully saturated rings. The minimum absolute atomic E-state index is 0. The van der Waals surface area contributed by atoms with Crippen molar-refractivity contribution < 1.29 is 9.15 Å². The highest BCUT2D eigenvalue weighted by molar-refractivity contribution is 14.0. The number of halogens is 1. The first-order valence-electron chi connectivity index (χ1n) is 10.8. The summed E-state index contributed by atoms with van der Waals surface area (Å²) in [4.78, 5) is 7.25. The molecule has 1 atom stereocenters. The van der Waals surface area contributed by atoms with Gasteiger partial charge in [-0.25, -0.2) is 4.99 Å². The van der Waals surface area contributed by atoms with E-state index >= 15 is 0 Å². The van der Waals surface area contributed by atoms with Crippen LogP contribution in [0, 0.1) is 6.92 Å². The number of ether oxygens (including phenoxy) is 1. The Morgan fingerprint density at radius 1 is 1.26 bits per heavy atom. The van der Waals surface area contributed by atoms with Gasteiger partial charge in [0.25, 0.3) is 0 Å². The van der Waals surface area contributed by atoms with E-state index in [4.69, 9.17) is 14.1 Å².